The van der Waals surface area contributed by atoms with Gasteiger partial charge in [-0.2, -0.15) is 0 Å². The average molecular weight is 474 g/mol. The Morgan fingerprint density at radius 1 is 1.06 bits per heavy atom. The van der Waals surface area contributed by atoms with Crippen molar-refractivity contribution in [3.63, 3.8) is 0 Å². The molecule has 3 rings (SSSR count). The molecule has 4 atom stereocenters. The molecule has 0 radical (unpaired) electrons. The van der Waals surface area contributed by atoms with E-state index in [1.54, 1.807) is 24.3 Å². The van der Waals surface area contributed by atoms with Gasteiger partial charge in [0.2, 0.25) is 0 Å². The van der Waals surface area contributed by atoms with E-state index in [9.17, 15) is 34.4 Å². The molecule has 4 N–H and O–H groups in total. The molecule has 182 valence electrons. The molecule has 0 aromatic heterocycles. The standard InChI is InChI=1S/C25H27FO8/c26-18-8-3-16(4-9-18)2-1-13-33-25(24(31)32)14-20(28)23(30)21(15-25)34-22(29)12-7-17-5-10-19(27)11-6-17/h3-12,20-21,23,27-28,30H,1-2,13-15H2,(H,31,32)/b12-7+/t20-,21+,23+,25-/m0/s1. The van der Waals surface area contributed by atoms with Gasteiger partial charge in [0.05, 0.1) is 6.10 Å². The van der Waals surface area contributed by atoms with Gasteiger partial charge in [0, 0.05) is 25.5 Å². The second kappa shape index (κ2) is 11.2. The summed E-state index contributed by atoms with van der Waals surface area (Å²) >= 11 is 0. The van der Waals surface area contributed by atoms with Crippen LogP contribution in [0.4, 0.5) is 4.39 Å². The normalized spacial score (nSPS) is 24.7. The van der Waals surface area contributed by atoms with Gasteiger partial charge >= 0.3 is 11.9 Å². The number of benzene rings is 2. The lowest BCUT2D eigenvalue weighted by molar-refractivity contribution is -0.207. The number of hydrogen-bond acceptors (Lipinski definition) is 7. The van der Waals surface area contributed by atoms with E-state index in [1.807, 2.05) is 0 Å². The quantitative estimate of drug-likeness (QED) is 0.247. The highest BCUT2D eigenvalue weighted by Gasteiger charge is 2.52. The Morgan fingerprint density at radius 2 is 1.74 bits per heavy atom. The lowest BCUT2D eigenvalue weighted by Crippen LogP contribution is -2.58. The number of aromatic hydroxyl groups is 1. The molecule has 9 heteroatoms. The Hall–Kier alpha value is -3.27. The molecule has 1 saturated carbocycles. The van der Waals surface area contributed by atoms with E-state index >= 15 is 0 Å². The van der Waals surface area contributed by atoms with Crippen molar-refractivity contribution in [1.82, 2.24) is 0 Å². The van der Waals surface area contributed by atoms with Crippen molar-refractivity contribution in [2.45, 2.75) is 49.6 Å². The largest absolute Gasteiger partial charge is 0.508 e. The smallest absolute Gasteiger partial charge is 0.336 e. The van der Waals surface area contributed by atoms with Gasteiger partial charge in [-0.1, -0.05) is 24.3 Å². The van der Waals surface area contributed by atoms with Crippen molar-refractivity contribution in [3.05, 3.63) is 71.6 Å². The number of aliphatic hydroxyl groups is 2. The fourth-order valence-corrected chi connectivity index (χ4v) is 3.83. The number of rotatable bonds is 9. The highest BCUT2D eigenvalue weighted by molar-refractivity contribution is 5.87. The SMILES string of the molecule is O=C(/C=C/c1ccc(O)cc1)O[C@@H]1C[C@](OCCCc2ccc(F)cc2)(C(=O)O)C[C@H](O)[C@H]1O. The predicted molar refractivity (Wildman–Crippen MR) is 119 cm³/mol. The minimum atomic E-state index is -1.84. The summed E-state index contributed by atoms with van der Waals surface area (Å²) in [6.45, 7) is 0.0356. The summed E-state index contributed by atoms with van der Waals surface area (Å²) < 4.78 is 23.9. The van der Waals surface area contributed by atoms with Crippen molar-refractivity contribution in [2.75, 3.05) is 6.61 Å². The summed E-state index contributed by atoms with van der Waals surface area (Å²) in [7, 11) is 0. The molecule has 0 amide bonds. The number of carbonyl (C=O) groups is 2. The first-order valence-corrected chi connectivity index (χ1v) is 10.8. The van der Waals surface area contributed by atoms with Crippen molar-refractivity contribution in [1.29, 1.82) is 0 Å². The first kappa shape index (κ1) is 25.4. The van der Waals surface area contributed by atoms with Crippen LogP contribution in [0.2, 0.25) is 0 Å². The molecule has 2 aromatic carbocycles. The Bertz CT molecular complexity index is 1000. The molecule has 0 aliphatic heterocycles. The third kappa shape index (κ3) is 6.63. The summed E-state index contributed by atoms with van der Waals surface area (Å²) in [5.74, 6) is -2.44. The van der Waals surface area contributed by atoms with Gasteiger partial charge in [0.1, 0.15) is 23.8 Å². The lowest BCUT2D eigenvalue weighted by atomic mass is 9.79. The van der Waals surface area contributed by atoms with Gasteiger partial charge in [0.25, 0.3) is 0 Å². The number of phenols is 1. The van der Waals surface area contributed by atoms with Crippen LogP contribution in [-0.4, -0.2) is 62.9 Å². The summed E-state index contributed by atoms with van der Waals surface area (Å²) in [5, 5.41) is 39.7. The minimum Gasteiger partial charge on any atom is -0.508 e. The Balaban J connectivity index is 1.61. The van der Waals surface area contributed by atoms with E-state index < -0.39 is 35.9 Å². The lowest BCUT2D eigenvalue weighted by Gasteiger charge is -2.41. The summed E-state index contributed by atoms with van der Waals surface area (Å²) in [6, 6.07) is 12.0. The van der Waals surface area contributed by atoms with E-state index in [0.29, 0.717) is 18.4 Å². The molecule has 34 heavy (non-hydrogen) atoms. The monoisotopic (exact) mass is 474 g/mol. The summed E-state index contributed by atoms with van der Waals surface area (Å²) in [5.41, 5.74) is -0.364. The number of aryl methyl sites for hydroxylation is 1. The van der Waals surface area contributed by atoms with E-state index in [1.165, 1.54) is 30.3 Å². The maximum Gasteiger partial charge on any atom is 0.336 e. The van der Waals surface area contributed by atoms with Crippen LogP contribution in [-0.2, 0) is 25.5 Å². The topological polar surface area (TPSA) is 134 Å². The zero-order valence-corrected chi connectivity index (χ0v) is 18.3. The van der Waals surface area contributed by atoms with Gasteiger partial charge in [-0.15, -0.1) is 0 Å². The number of carboxylic acids is 1. The van der Waals surface area contributed by atoms with Crippen LogP contribution in [0.1, 0.15) is 30.4 Å². The summed E-state index contributed by atoms with van der Waals surface area (Å²) in [4.78, 5) is 24.3. The average Bonchev–Trinajstić information content (AvgIpc) is 2.80. The minimum absolute atomic E-state index is 0.0356. The predicted octanol–water partition coefficient (Wildman–Crippen LogP) is 2.44. The van der Waals surface area contributed by atoms with Gasteiger partial charge < -0.3 is 29.9 Å². The first-order chi connectivity index (χ1) is 16.2. The van der Waals surface area contributed by atoms with E-state index in [4.69, 9.17) is 9.47 Å². The molecule has 0 bridgehead atoms. The molecule has 2 aromatic rings. The summed E-state index contributed by atoms with van der Waals surface area (Å²) in [6.07, 6.45) is -1.43. The number of carbonyl (C=O) groups excluding carboxylic acids is 1. The van der Waals surface area contributed by atoms with E-state index in [2.05, 4.69) is 0 Å². The molecule has 1 fully saturated rings. The first-order valence-electron chi connectivity index (χ1n) is 10.8. The van der Waals surface area contributed by atoms with Crippen LogP contribution in [0.3, 0.4) is 0 Å². The molecular weight excluding hydrogens is 447 g/mol. The molecule has 0 unspecified atom stereocenters. The van der Waals surface area contributed by atoms with Crippen LogP contribution in [0, 0.1) is 5.82 Å². The Kier molecular flexibility index (Phi) is 8.38. The number of aliphatic hydroxyl groups excluding tert-OH is 2. The molecule has 0 heterocycles. The molecule has 8 nitrogen and oxygen atoms in total. The van der Waals surface area contributed by atoms with Gasteiger partial charge in [-0.3, -0.25) is 0 Å². The molecule has 0 spiro atoms. The number of phenolic OH excluding ortho intramolecular Hbond substituents is 1. The van der Waals surface area contributed by atoms with Gasteiger partial charge in [-0.25, -0.2) is 14.0 Å². The number of halogens is 1. The van der Waals surface area contributed by atoms with Crippen molar-refractivity contribution in [3.8, 4) is 5.75 Å². The van der Waals surface area contributed by atoms with Crippen molar-refractivity contribution < 1.29 is 43.9 Å². The maximum absolute atomic E-state index is 13.0. The van der Waals surface area contributed by atoms with E-state index in [-0.39, 0.29) is 31.0 Å². The number of aliphatic carboxylic acids is 1. The molecular formula is C25H27FO8. The number of ether oxygens (including phenoxy) is 2. The third-order valence-electron chi connectivity index (χ3n) is 5.71. The van der Waals surface area contributed by atoms with Crippen LogP contribution >= 0.6 is 0 Å². The van der Waals surface area contributed by atoms with Crippen LogP contribution in [0.15, 0.2) is 54.6 Å². The van der Waals surface area contributed by atoms with Crippen LogP contribution in [0.25, 0.3) is 6.08 Å². The molecule has 1 aliphatic rings. The van der Waals surface area contributed by atoms with E-state index in [0.717, 1.165) is 11.6 Å². The fraction of sp³-hybridized carbons (Fsp3) is 0.360. The van der Waals surface area contributed by atoms with Gasteiger partial charge in [0.15, 0.2) is 5.60 Å². The Labute approximate surface area is 195 Å². The second-order valence-electron chi connectivity index (χ2n) is 8.24. The highest BCUT2D eigenvalue weighted by atomic mass is 19.1. The fourth-order valence-electron chi connectivity index (χ4n) is 3.83. The van der Waals surface area contributed by atoms with Crippen molar-refractivity contribution >= 4 is 18.0 Å². The zero-order valence-electron chi connectivity index (χ0n) is 18.3. The number of esters is 1. The van der Waals surface area contributed by atoms with Crippen LogP contribution < -0.4 is 0 Å². The number of hydrogen-bond donors (Lipinski definition) is 4. The van der Waals surface area contributed by atoms with Crippen molar-refractivity contribution in [2.24, 2.45) is 0 Å². The maximum atomic E-state index is 13.0. The third-order valence-corrected chi connectivity index (χ3v) is 5.71. The molecule has 0 saturated heterocycles. The zero-order chi connectivity index (χ0) is 24.7. The number of carboxylic acid groups (broad SMARTS) is 1. The highest BCUT2D eigenvalue weighted by Crippen LogP contribution is 2.35. The molecule has 1 aliphatic carbocycles. The second-order valence-corrected chi connectivity index (χ2v) is 8.24. The Morgan fingerprint density at radius 3 is 2.38 bits per heavy atom. The van der Waals surface area contributed by atoms with Gasteiger partial charge in [-0.05, 0) is 54.3 Å². The van der Waals surface area contributed by atoms with Crippen LogP contribution in [0.5, 0.6) is 5.75 Å².